The van der Waals surface area contributed by atoms with Gasteiger partial charge < -0.3 is 10.2 Å². The van der Waals surface area contributed by atoms with Gasteiger partial charge in [0.1, 0.15) is 0 Å². The molecule has 0 aromatic heterocycles. The highest BCUT2D eigenvalue weighted by molar-refractivity contribution is 4.88. The summed E-state index contributed by atoms with van der Waals surface area (Å²) in [6.07, 6.45) is 4.09. The first-order chi connectivity index (χ1) is 5.61. The van der Waals surface area contributed by atoms with Crippen molar-refractivity contribution in [3.05, 3.63) is 0 Å². The number of hydrogen-bond acceptors (Lipinski definition) is 2. The van der Waals surface area contributed by atoms with Crippen molar-refractivity contribution in [3.63, 3.8) is 0 Å². The van der Waals surface area contributed by atoms with Crippen LogP contribution in [0.5, 0.6) is 0 Å². The van der Waals surface area contributed by atoms with E-state index in [1.54, 1.807) is 0 Å². The summed E-state index contributed by atoms with van der Waals surface area (Å²) in [5, 5.41) is 3.63. The quantitative estimate of drug-likeness (QED) is 0.690. The predicted octanol–water partition coefficient (Wildman–Crippen LogP) is 1.47. The van der Waals surface area contributed by atoms with Gasteiger partial charge in [0.25, 0.3) is 0 Å². The Bertz CT molecular complexity index is 132. The largest absolute Gasteiger partial charge is 0.310 e. The van der Waals surface area contributed by atoms with Crippen LogP contribution in [0.15, 0.2) is 0 Å². The van der Waals surface area contributed by atoms with Crippen molar-refractivity contribution in [3.8, 4) is 0 Å². The molecule has 1 N–H and O–H groups in total. The van der Waals surface area contributed by atoms with Crippen LogP contribution in [0.3, 0.4) is 0 Å². The fourth-order valence-corrected chi connectivity index (χ4v) is 2.18. The van der Waals surface area contributed by atoms with Crippen molar-refractivity contribution < 1.29 is 0 Å². The van der Waals surface area contributed by atoms with Gasteiger partial charge in [0.05, 0.1) is 0 Å². The number of nitrogens with zero attached hydrogens (tertiary/aromatic N) is 1. The molecule has 2 nitrogen and oxygen atoms in total. The van der Waals surface area contributed by atoms with E-state index < -0.39 is 0 Å². The molecule has 0 spiro atoms. The first-order valence-electron chi connectivity index (χ1n) is 5.03. The van der Waals surface area contributed by atoms with E-state index in [4.69, 9.17) is 0 Å². The summed E-state index contributed by atoms with van der Waals surface area (Å²) in [5.41, 5.74) is 0. The summed E-state index contributed by atoms with van der Waals surface area (Å²) < 4.78 is 0. The third kappa shape index (κ3) is 2.46. The Hall–Kier alpha value is -0.0800. The molecule has 0 bridgehead atoms. The average molecular weight is 170 g/mol. The highest BCUT2D eigenvalue weighted by Crippen LogP contribution is 2.22. The van der Waals surface area contributed by atoms with Crippen LogP contribution < -0.4 is 5.32 Å². The van der Waals surface area contributed by atoms with Crippen LogP contribution in [0.2, 0.25) is 0 Å². The minimum absolute atomic E-state index is 0.621. The van der Waals surface area contributed by atoms with Gasteiger partial charge in [-0.2, -0.15) is 0 Å². The van der Waals surface area contributed by atoms with E-state index in [1.165, 1.54) is 19.3 Å². The standard InChI is InChI=1S/C10H22N2/c1-8(2)11-9-6-5-7-10(9)12(3)4/h8-11H,5-7H2,1-4H3/t9-,10-/m1/s1. The lowest BCUT2D eigenvalue weighted by molar-refractivity contribution is 0.245. The molecule has 2 atom stereocenters. The maximum Gasteiger partial charge on any atom is 0.0243 e. The maximum atomic E-state index is 3.63. The Morgan fingerprint density at radius 2 is 1.92 bits per heavy atom. The van der Waals surface area contributed by atoms with Crippen LogP contribution in [-0.4, -0.2) is 37.1 Å². The summed E-state index contributed by atoms with van der Waals surface area (Å²) in [6, 6.07) is 2.10. The fraction of sp³-hybridized carbons (Fsp3) is 1.00. The molecule has 72 valence electrons. The lowest BCUT2D eigenvalue weighted by Gasteiger charge is -2.28. The molecule has 0 amide bonds. The van der Waals surface area contributed by atoms with E-state index in [2.05, 4.69) is 38.2 Å². The van der Waals surface area contributed by atoms with Crippen LogP contribution in [0.25, 0.3) is 0 Å². The van der Waals surface area contributed by atoms with Gasteiger partial charge >= 0.3 is 0 Å². The Labute approximate surface area is 76.3 Å². The van der Waals surface area contributed by atoms with Crippen LogP contribution in [0, 0.1) is 0 Å². The summed E-state index contributed by atoms with van der Waals surface area (Å²) in [6.45, 7) is 4.45. The zero-order chi connectivity index (χ0) is 9.14. The average Bonchev–Trinajstić information content (AvgIpc) is 2.33. The Morgan fingerprint density at radius 1 is 1.25 bits per heavy atom. The second-order valence-electron chi connectivity index (χ2n) is 4.39. The van der Waals surface area contributed by atoms with Crippen molar-refractivity contribution in [2.75, 3.05) is 14.1 Å². The topological polar surface area (TPSA) is 15.3 Å². The van der Waals surface area contributed by atoms with E-state index in [0.717, 1.165) is 12.1 Å². The van der Waals surface area contributed by atoms with Gasteiger partial charge in [-0.15, -0.1) is 0 Å². The lowest BCUT2D eigenvalue weighted by atomic mass is 10.1. The zero-order valence-corrected chi connectivity index (χ0v) is 8.80. The number of hydrogen-bond donors (Lipinski definition) is 1. The molecule has 0 aromatic carbocycles. The molecule has 12 heavy (non-hydrogen) atoms. The molecule has 0 aromatic rings. The lowest BCUT2D eigenvalue weighted by Crippen LogP contribution is -2.46. The van der Waals surface area contributed by atoms with E-state index in [9.17, 15) is 0 Å². The molecule has 2 heteroatoms. The summed E-state index contributed by atoms with van der Waals surface area (Å²) in [7, 11) is 4.37. The van der Waals surface area contributed by atoms with Gasteiger partial charge in [-0.25, -0.2) is 0 Å². The van der Waals surface area contributed by atoms with Crippen molar-refractivity contribution in [2.24, 2.45) is 0 Å². The highest BCUT2D eigenvalue weighted by Gasteiger charge is 2.28. The molecule has 0 unspecified atom stereocenters. The van der Waals surface area contributed by atoms with Crippen molar-refractivity contribution in [2.45, 2.75) is 51.2 Å². The summed E-state index contributed by atoms with van der Waals surface area (Å²) >= 11 is 0. The smallest absolute Gasteiger partial charge is 0.0243 e. The second-order valence-corrected chi connectivity index (χ2v) is 4.39. The van der Waals surface area contributed by atoms with Gasteiger partial charge in [-0.3, -0.25) is 0 Å². The highest BCUT2D eigenvalue weighted by atomic mass is 15.1. The van der Waals surface area contributed by atoms with Gasteiger partial charge in [0.15, 0.2) is 0 Å². The molecular weight excluding hydrogens is 148 g/mol. The SMILES string of the molecule is CC(C)N[C@@H]1CCC[C@H]1N(C)C. The first kappa shape index (κ1) is 10.0. The third-order valence-corrected chi connectivity index (χ3v) is 2.69. The van der Waals surface area contributed by atoms with Gasteiger partial charge in [-0.1, -0.05) is 20.3 Å². The van der Waals surface area contributed by atoms with Crippen LogP contribution in [-0.2, 0) is 0 Å². The number of likely N-dealkylation sites (N-methyl/N-ethyl adjacent to an activating group) is 1. The molecule has 1 fully saturated rings. The molecule has 0 aliphatic heterocycles. The fourth-order valence-electron chi connectivity index (χ4n) is 2.18. The van der Waals surface area contributed by atoms with E-state index in [0.29, 0.717) is 6.04 Å². The van der Waals surface area contributed by atoms with Crippen molar-refractivity contribution in [1.29, 1.82) is 0 Å². The summed E-state index contributed by atoms with van der Waals surface area (Å²) in [4.78, 5) is 2.35. The monoisotopic (exact) mass is 170 g/mol. The molecule has 0 heterocycles. The second kappa shape index (κ2) is 4.24. The Kier molecular flexibility index (Phi) is 3.53. The van der Waals surface area contributed by atoms with E-state index >= 15 is 0 Å². The molecular formula is C10H22N2. The molecule has 1 aliphatic rings. The summed E-state index contributed by atoms with van der Waals surface area (Å²) in [5.74, 6) is 0. The number of nitrogens with one attached hydrogen (secondary N) is 1. The molecule has 0 saturated heterocycles. The van der Waals surface area contributed by atoms with Crippen LogP contribution in [0.4, 0.5) is 0 Å². The van der Waals surface area contributed by atoms with Crippen molar-refractivity contribution >= 4 is 0 Å². The molecule has 1 rings (SSSR count). The minimum atomic E-state index is 0.621. The Morgan fingerprint density at radius 3 is 2.42 bits per heavy atom. The molecule has 1 saturated carbocycles. The first-order valence-corrected chi connectivity index (χ1v) is 5.03. The molecule has 1 aliphatic carbocycles. The van der Waals surface area contributed by atoms with Gasteiger partial charge in [0, 0.05) is 18.1 Å². The van der Waals surface area contributed by atoms with E-state index in [-0.39, 0.29) is 0 Å². The van der Waals surface area contributed by atoms with E-state index in [1.807, 2.05) is 0 Å². The predicted molar refractivity (Wildman–Crippen MR) is 53.4 cm³/mol. The number of rotatable bonds is 3. The van der Waals surface area contributed by atoms with Crippen molar-refractivity contribution in [1.82, 2.24) is 10.2 Å². The zero-order valence-electron chi connectivity index (χ0n) is 8.80. The minimum Gasteiger partial charge on any atom is -0.310 e. The molecule has 0 radical (unpaired) electrons. The van der Waals surface area contributed by atoms with Crippen LogP contribution >= 0.6 is 0 Å². The third-order valence-electron chi connectivity index (χ3n) is 2.69. The normalized spacial score (nSPS) is 30.5. The Balaban J connectivity index is 2.41. The van der Waals surface area contributed by atoms with Gasteiger partial charge in [0.2, 0.25) is 0 Å². The van der Waals surface area contributed by atoms with Crippen LogP contribution in [0.1, 0.15) is 33.1 Å². The maximum absolute atomic E-state index is 3.63. The van der Waals surface area contributed by atoms with Gasteiger partial charge in [-0.05, 0) is 26.9 Å².